The van der Waals surface area contributed by atoms with E-state index in [9.17, 15) is 0 Å². The molecular formula is C17H28N2O. The Labute approximate surface area is 123 Å². The summed E-state index contributed by atoms with van der Waals surface area (Å²) < 4.78 is 5.22. The normalized spacial score (nSPS) is 19.4. The molecule has 1 saturated heterocycles. The predicted molar refractivity (Wildman–Crippen MR) is 84.0 cm³/mol. The van der Waals surface area contributed by atoms with Crippen LogP contribution >= 0.6 is 0 Å². The molecule has 1 aliphatic heterocycles. The van der Waals surface area contributed by atoms with Crippen molar-refractivity contribution < 1.29 is 4.74 Å². The van der Waals surface area contributed by atoms with Gasteiger partial charge in [-0.25, -0.2) is 0 Å². The maximum Gasteiger partial charge on any atom is 0.118 e. The second-order valence-corrected chi connectivity index (χ2v) is 6.31. The van der Waals surface area contributed by atoms with Gasteiger partial charge in [0, 0.05) is 11.6 Å². The van der Waals surface area contributed by atoms with Gasteiger partial charge in [0.15, 0.2) is 0 Å². The molecule has 0 aliphatic carbocycles. The van der Waals surface area contributed by atoms with Crippen molar-refractivity contribution in [1.82, 2.24) is 4.90 Å². The maximum atomic E-state index is 6.56. The Morgan fingerprint density at radius 2 is 1.60 bits per heavy atom. The Balaban J connectivity index is 2.13. The highest BCUT2D eigenvalue weighted by Gasteiger charge is 2.34. The molecule has 1 atom stereocenters. The first-order valence-corrected chi connectivity index (χ1v) is 7.70. The minimum atomic E-state index is -0.0150. The summed E-state index contributed by atoms with van der Waals surface area (Å²) in [6.45, 7) is 6.87. The summed E-state index contributed by atoms with van der Waals surface area (Å²) >= 11 is 0. The van der Waals surface area contributed by atoms with Gasteiger partial charge in [-0.1, -0.05) is 25.0 Å². The van der Waals surface area contributed by atoms with Crippen LogP contribution in [0.3, 0.4) is 0 Å². The van der Waals surface area contributed by atoms with Crippen LogP contribution < -0.4 is 10.5 Å². The second-order valence-electron chi connectivity index (χ2n) is 6.31. The monoisotopic (exact) mass is 276 g/mol. The lowest BCUT2D eigenvalue weighted by molar-refractivity contribution is 0.0980. The number of methoxy groups -OCH3 is 1. The van der Waals surface area contributed by atoms with E-state index in [0.717, 1.165) is 18.8 Å². The Bertz CT molecular complexity index is 406. The maximum absolute atomic E-state index is 6.56. The van der Waals surface area contributed by atoms with Gasteiger partial charge in [0.2, 0.25) is 0 Å². The number of nitrogens with zero attached hydrogens (tertiary/aromatic N) is 1. The topological polar surface area (TPSA) is 38.5 Å². The van der Waals surface area contributed by atoms with Crippen molar-refractivity contribution in [2.75, 3.05) is 20.2 Å². The van der Waals surface area contributed by atoms with Crippen molar-refractivity contribution in [1.29, 1.82) is 0 Å². The van der Waals surface area contributed by atoms with Crippen LogP contribution in [-0.4, -0.2) is 30.6 Å². The van der Waals surface area contributed by atoms with Crippen molar-refractivity contribution in [2.24, 2.45) is 5.73 Å². The number of ether oxygens (including phenoxy) is 1. The van der Waals surface area contributed by atoms with Crippen LogP contribution in [0.15, 0.2) is 24.3 Å². The van der Waals surface area contributed by atoms with E-state index in [1.165, 1.54) is 31.2 Å². The van der Waals surface area contributed by atoms with Gasteiger partial charge in [-0.2, -0.15) is 0 Å². The van der Waals surface area contributed by atoms with E-state index in [0.29, 0.717) is 0 Å². The van der Waals surface area contributed by atoms with E-state index in [4.69, 9.17) is 10.5 Å². The molecule has 0 bridgehead atoms. The van der Waals surface area contributed by atoms with E-state index in [2.05, 4.69) is 30.9 Å². The number of hydrogen-bond donors (Lipinski definition) is 1. The lowest BCUT2D eigenvalue weighted by Crippen LogP contribution is -2.51. The molecular weight excluding hydrogens is 248 g/mol. The number of benzene rings is 1. The SMILES string of the molecule is COc1ccc(C(N)C(C)(C)N2CCCCCC2)cc1. The molecule has 0 spiro atoms. The van der Waals surface area contributed by atoms with E-state index in [-0.39, 0.29) is 11.6 Å². The van der Waals surface area contributed by atoms with E-state index < -0.39 is 0 Å². The zero-order chi connectivity index (χ0) is 14.6. The third-order valence-electron chi connectivity index (χ3n) is 4.66. The lowest BCUT2D eigenvalue weighted by Gasteiger charge is -2.42. The molecule has 3 heteroatoms. The number of nitrogens with two attached hydrogens (primary N) is 1. The number of hydrogen-bond acceptors (Lipinski definition) is 3. The summed E-state index contributed by atoms with van der Waals surface area (Å²) in [6, 6.07) is 8.18. The fourth-order valence-electron chi connectivity index (χ4n) is 3.06. The highest BCUT2D eigenvalue weighted by atomic mass is 16.5. The summed E-state index contributed by atoms with van der Waals surface area (Å²) in [4.78, 5) is 2.56. The molecule has 1 unspecified atom stereocenters. The summed E-state index contributed by atoms with van der Waals surface area (Å²) in [5.41, 5.74) is 7.73. The number of rotatable bonds is 4. The van der Waals surface area contributed by atoms with E-state index >= 15 is 0 Å². The van der Waals surface area contributed by atoms with Gasteiger partial charge in [0.25, 0.3) is 0 Å². The van der Waals surface area contributed by atoms with Gasteiger partial charge in [-0.05, 0) is 57.5 Å². The molecule has 20 heavy (non-hydrogen) atoms. The van der Waals surface area contributed by atoms with Crippen LogP contribution in [0.1, 0.15) is 51.1 Å². The zero-order valence-electron chi connectivity index (χ0n) is 13.1. The van der Waals surface area contributed by atoms with Crippen LogP contribution in [0.5, 0.6) is 5.75 Å². The number of likely N-dealkylation sites (tertiary alicyclic amines) is 1. The average Bonchev–Trinajstić information content (AvgIpc) is 2.76. The summed E-state index contributed by atoms with van der Waals surface area (Å²) in [6.07, 6.45) is 5.28. The van der Waals surface area contributed by atoms with Gasteiger partial charge in [-0.15, -0.1) is 0 Å². The fraction of sp³-hybridized carbons (Fsp3) is 0.647. The van der Waals surface area contributed by atoms with Crippen molar-refractivity contribution in [3.05, 3.63) is 29.8 Å². The first-order valence-electron chi connectivity index (χ1n) is 7.70. The van der Waals surface area contributed by atoms with Crippen molar-refractivity contribution >= 4 is 0 Å². The first kappa shape index (κ1) is 15.3. The van der Waals surface area contributed by atoms with Gasteiger partial charge in [0.1, 0.15) is 5.75 Å². The van der Waals surface area contributed by atoms with Crippen LogP contribution in [-0.2, 0) is 0 Å². The van der Waals surface area contributed by atoms with Crippen molar-refractivity contribution in [3.63, 3.8) is 0 Å². The molecule has 0 saturated carbocycles. The Kier molecular flexibility index (Phi) is 5.06. The lowest BCUT2D eigenvalue weighted by atomic mass is 9.87. The van der Waals surface area contributed by atoms with Crippen LogP contribution in [0.2, 0.25) is 0 Å². The molecule has 1 heterocycles. The van der Waals surface area contributed by atoms with Gasteiger partial charge in [-0.3, -0.25) is 4.90 Å². The minimum Gasteiger partial charge on any atom is -0.497 e. The average molecular weight is 276 g/mol. The highest BCUT2D eigenvalue weighted by molar-refractivity contribution is 5.30. The summed E-state index contributed by atoms with van der Waals surface area (Å²) in [5.74, 6) is 0.883. The second kappa shape index (κ2) is 6.59. The third kappa shape index (κ3) is 3.33. The van der Waals surface area contributed by atoms with Crippen molar-refractivity contribution in [3.8, 4) is 5.75 Å². The van der Waals surface area contributed by atoms with E-state index in [1.807, 2.05) is 12.1 Å². The van der Waals surface area contributed by atoms with Crippen LogP contribution in [0.4, 0.5) is 0 Å². The largest absolute Gasteiger partial charge is 0.497 e. The minimum absolute atomic E-state index is 0.0150. The molecule has 0 amide bonds. The van der Waals surface area contributed by atoms with Gasteiger partial charge < -0.3 is 10.5 Å². The quantitative estimate of drug-likeness (QED) is 0.916. The standard InChI is InChI=1S/C17H28N2O/c1-17(2,19-12-6-4-5-7-13-19)16(18)14-8-10-15(20-3)11-9-14/h8-11,16H,4-7,12-13,18H2,1-3H3. The van der Waals surface area contributed by atoms with E-state index in [1.54, 1.807) is 7.11 Å². The molecule has 2 N–H and O–H groups in total. The summed E-state index contributed by atoms with van der Waals surface area (Å²) in [7, 11) is 1.69. The molecule has 3 nitrogen and oxygen atoms in total. The Morgan fingerprint density at radius 3 is 2.10 bits per heavy atom. The zero-order valence-corrected chi connectivity index (χ0v) is 13.1. The molecule has 1 aliphatic rings. The fourth-order valence-corrected chi connectivity index (χ4v) is 3.06. The van der Waals surface area contributed by atoms with Crippen LogP contribution in [0, 0.1) is 0 Å². The molecule has 1 aromatic carbocycles. The molecule has 0 aromatic heterocycles. The Hall–Kier alpha value is -1.06. The first-order chi connectivity index (χ1) is 9.55. The molecule has 112 valence electrons. The smallest absolute Gasteiger partial charge is 0.118 e. The predicted octanol–water partition coefficient (Wildman–Crippen LogP) is 3.35. The molecule has 1 aromatic rings. The summed E-state index contributed by atoms with van der Waals surface area (Å²) in [5, 5.41) is 0. The molecule has 2 rings (SSSR count). The van der Waals surface area contributed by atoms with Crippen molar-refractivity contribution in [2.45, 2.75) is 51.1 Å². The Morgan fingerprint density at radius 1 is 1.05 bits per heavy atom. The highest BCUT2D eigenvalue weighted by Crippen LogP contribution is 2.31. The van der Waals surface area contributed by atoms with Gasteiger partial charge >= 0.3 is 0 Å². The third-order valence-corrected chi connectivity index (χ3v) is 4.66. The van der Waals surface area contributed by atoms with Crippen LogP contribution in [0.25, 0.3) is 0 Å². The van der Waals surface area contributed by atoms with Gasteiger partial charge in [0.05, 0.1) is 7.11 Å². The molecule has 0 radical (unpaired) electrons. The molecule has 1 fully saturated rings.